The average molecular weight is 294 g/mol. The second-order valence-electron chi connectivity index (χ2n) is 3.58. The molecule has 2 aromatic rings. The predicted molar refractivity (Wildman–Crippen MR) is 71.9 cm³/mol. The van der Waals surface area contributed by atoms with Crippen LogP contribution >= 0.6 is 15.9 Å². The van der Waals surface area contributed by atoms with Crippen molar-refractivity contribution in [1.29, 1.82) is 0 Å². The number of rotatable bonds is 2. The molecule has 0 aliphatic heterocycles. The molecule has 0 atom stereocenters. The summed E-state index contributed by atoms with van der Waals surface area (Å²) in [5.41, 5.74) is 6.92. The Hall–Kier alpha value is -1.62. The quantitative estimate of drug-likeness (QED) is 0.835. The number of nitrogen functional groups attached to an aromatic ring is 1. The van der Waals surface area contributed by atoms with Gasteiger partial charge < -0.3 is 11.1 Å². The molecule has 4 nitrogen and oxygen atoms in total. The summed E-state index contributed by atoms with van der Waals surface area (Å²) >= 11 is 3.43. The van der Waals surface area contributed by atoms with Crippen molar-refractivity contribution in [2.24, 2.45) is 0 Å². The Morgan fingerprint density at radius 3 is 2.94 bits per heavy atom. The number of hydrogen-bond acceptors (Lipinski definition) is 3. The molecule has 0 aliphatic rings. The van der Waals surface area contributed by atoms with Gasteiger partial charge in [-0.3, -0.25) is 9.78 Å². The Kier molecular flexibility index (Phi) is 3.28. The van der Waals surface area contributed by atoms with Crippen molar-refractivity contribution >= 4 is 38.3 Å². The van der Waals surface area contributed by atoms with E-state index < -0.39 is 0 Å². The number of nitrogens with two attached hydrogens (primary N) is 1. The van der Waals surface area contributed by atoms with Crippen LogP contribution in [-0.4, -0.2) is 17.4 Å². The number of nitrogens with one attached hydrogen (secondary N) is 1. The highest BCUT2D eigenvalue weighted by Crippen LogP contribution is 2.30. The molecule has 0 unspecified atom stereocenters. The van der Waals surface area contributed by atoms with Crippen molar-refractivity contribution in [3.8, 4) is 0 Å². The molecule has 0 aliphatic carbocycles. The van der Waals surface area contributed by atoms with Gasteiger partial charge in [0.15, 0.2) is 0 Å². The Balaban J connectivity index is 2.72. The van der Waals surface area contributed by atoms with Gasteiger partial charge in [-0.2, -0.15) is 0 Å². The number of nitrogens with zero attached hydrogens (tertiary/aromatic N) is 1. The Morgan fingerprint density at radius 1 is 1.47 bits per heavy atom. The maximum Gasteiger partial charge on any atom is 0.270 e. The van der Waals surface area contributed by atoms with E-state index in [1.54, 1.807) is 18.3 Å². The molecule has 0 radical (unpaired) electrons. The van der Waals surface area contributed by atoms with Crippen LogP contribution in [0.4, 0.5) is 5.69 Å². The van der Waals surface area contributed by atoms with Crippen LogP contribution in [0.25, 0.3) is 10.8 Å². The summed E-state index contributed by atoms with van der Waals surface area (Å²) in [6.07, 6.45) is 1.59. The molecule has 1 aromatic heterocycles. The summed E-state index contributed by atoms with van der Waals surface area (Å²) in [7, 11) is 0. The van der Waals surface area contributed by atoms with Crippen LogP contribution in [0.2, 0.25) is 0 Å². The number of fused-ring (bicyclic) bond motifs is 1. The zero-order valence-electron chi connectivity index (χ0n) is 9.33. The second-order valence-corrected chi connectivity index (χ2v) is 4.43. The van der Waals surface area contributed by atoms with E-state index in [-0.39, 0.29) is 5.91 Å². The minimum atomic E-state index is -0.190. The number of hydrogen-bond donors (Lipinski definition) is 2. The fraction of sp³-hybridized carbons (Fsp3) is 0.167. The summed E-state index contributed by atoms with van der Waals surface area (Å²) in [4.78, 5) is 16.0. The summed E-state index contributed by atoms with van der Waals surface area (Å²) < 4.78 is 0.816. The van der Waals surface area contributed by atoms with Gasteiger partial charge in [0, 0.05) is 33.7 Å². The molecule has 0 saturated carbocycles. The van der Waals surface area contributed by atoms with Crippen LogP contribution in [0.3, 0.4) is 0 Å². The van der Waals surface area contributed by atoms with Gasteiger partial charge in [-0.15, -0.1) is 0 Å². The van der Waals surface area contributed by atoms with E-state index in [9.17, 15) is 4.79 Å². The van der Waals surface area contributed by atoms with E-state index in [4.69, 9.17) is 5.73 Å². The lowest BCUT2D eigenvalue weighted by Crippen LogP contribution is -2.24. The Labute approximate surface area is 107 Å². The lowest BCUT2D eigenvalue weighted by atomic mass is 10.1. The minimum absolute atomic E-state index is 0.190. The lowest BCUT2D eigenvalue weighted by Gasteiger charge is -2.09. The highest BCUT2D eigenvalue weighted by atomic mass is 79.9. The lowest BCUT2D eigenvalue weighted by molar-refractivity contribution is 0.0952. The summed E-state index contributed by atoms with van der Waals surface area (Å²) in [6.45, 7) is 2.43. The first kappa shape index (κ1) is 11.9. The van der Waals surface area contributed by atoms with Crippen LogP contribution < -0.4 is 11.1 Å². The molecule has 17 heavy (non-hydrogen) atoms. The van der Waals surface area contributed by atoms with Gasteiger partial charge in [0.05, 0.1) is 0 Å². The molecule has 1 aromatic carbocycles. The Bertz CT molecular complexity index is 583. The van der Waals surface area contributed by atoms with Crippen LogP contribution in [-0.2, 0) is 0 Å². The van der Waals surface area contributed by atoms with Crippen molar-refractivity contribution in [3.63, 3.8) is 0 Å². The molecule has 1 heterocycles. The fourth-order valence-electron chi connectivity index (χ4n) is 1.70. The fourth-order valence-corrected chi connectivity index (χ4v) is 2.23. The largest absolute Gasteiger partial charge is 0.398 e. The third-order valence-electron chi connectivity index (χ3n) is 2.46. The van der Waals surface area contributed by atoms with Gasteiger partial charge in [-0.05, 0) is 25.1 Å². The van der Waals surface area contributed by atoms with E-state index in [2.05, 4.69) is 26.2 Å². The normalized spacial score (nSPS) is 10.5. The van der Waals surface area contributed by atoms with Crippen LogP contribution in [0.15, 0.2) is 28.9 Å². The first-order valence-electron chi connectivity index (χ1n) is 5.26. The maximum atomic E-state index is 11.9. The van der Waals surface area contributed by atoms with Gasteiger partial charge in [0.25, 0.3) is 5.91 Å². The van der Waals surface area contributed by atoms with Gasteiger partial charge in [-0.1, -0.05) is 15.9 Å². The number of amides is 1. The number of aromatic nitrogens is 1. The Morgan fingerprint density at radius 2 is 2.24 bits per heavy atom. The van der Waals surface area contributed by atoms with Crippen LogP contribution in [0.5, 0.6) is 0 Å². The number of pyridine rings is 1. The van der Waals surface area contributed by atoms with Crippen LogP contribution in [0.1, 0.15) is 17.4 Å². The van der Waals surface area contributed by atoms with Gasteiger partial charge >= 0.3 is 0 Å². The summed E-state index contributed by atoms with van der Waals surface area (Å²) in [5.74, 6) is -0.190. The minimum Gasteiger partial charge on any atom is -0.398 e. The van der Waals surface area contributed by atoms with Crippen LogP contribution in [0, 0.1) is 0 Å². The van der Waals surface area contributed by atoms with Gasteiger partial charge in [0.2, 0.25) is 0 Å². The van der Waals surface area contributed by atoms with Gasteiger partial charge in [-0.25, -0.2) is 0 Å². The highest BCUT2D eigenvalue weighted by molar-refractivity contribution is 9.10. The number of carbonyl (C=O) groups excluding carboxylic acids is 1. The molecule has 2 rings (SSSR count). The van der Waals surface area contributed by atoms with Crippen molar-refractivity contribution < 1.29 is 4.79 Å². The standard InChI is InChI=1S/C12H12BrN3O/c1-2-15-12(17)11-10-7(5-6-16-11)9(14)4-3-8(10)13/h3-6H,2,14H2,1H3,(H,15,17). The first-order valence-corrected chi connectivity index (χ1v) is 6.05. The average Bonchev–Trinajstić information content (AvgIpc) is 2.34. The topological polar surface area (TPSA) is 68.0 Å². The van der Waals surface area contributed by atoms with E-state index >= 15 is 0 Å². The molecule has 5 heteroatoms. The molecule has 0 spiro atoms. The van der Waals surface area contributed by atoms with E-state index in [0.29, 0.717) is 17.9 Å². The van der Waals surface area contributed by atoms with Crippen molar-refractivity contribution in [2.45, 2.75) is 6.92 Å². The number of benzene rings is 1. The number of anilines is 1. The van der Waals surface area contributed by atoms with E-state index in [0.717, 1.165) is 15.2 Å². The molecular formula is C12H12BrN3O. The van der Waals surface area contributed by atoms with Crippen molar-refractivity contribution in [2.75, 3.05) is 12.3 Å². The van der Waals surface area contributed by atoms with Gasteiger partial charge in [0.1, 0.15) is 5.69 Å². The number of carbonyl (C=O) groups is 1. The molecule has 88 valence electrons. The smallest absolute Gasteiger partial charge is 0.270 e. The zero-order chi connectivity index (χ0) is 12.4. The second kappa shape index (κ2) is 4.71. The molecular weight excluding hydrogens is 282 g/mol. The molecule has 3 N–H and O–H groups in total. The molecule has 0 bridgehead atoms. The SMILES string of the molecule is CCNC(=O)c1nccc2c(N)ccc(Br)c12. The van der Waals surface area contributed by atoms with Crippen molar-refractivity contribution in [3.05, 3.63) is 34.6 Å². The molecule has 1 amide bonds. The summed E-state index contributed by atoms with van der Waals surface area (Å²) in [6, 6.07) is 5.42. The maximum absolute atomic E-state index is 11.9. The molecule has 0 saturated heterocycles. The van der Waals surface area contributed by atoms with E-state index in [1.165, 1.54) is 0 Å². The third kappa shape index (κ3) is 2.10. The monoisotopic (exact) mass is 293 g/mol. The summed E-state index contributed by atoms with van der Waals surface area (Å²) in [5, 5.41) is 4.32. The highest BCUT2D eigenvalue weighted by Gasteiger charge is 2.14. The first-order chi connectivity index (χ1) is 8.15. The zero-order valence-corrected chi connectivity index (χ0v) is 10.9. The van der Waals surface area contributed by atoms with Crippen molar-refractivity contribution in [1.82, 2.24) is 10.3 Å². The van der Waals surface area contributed by atoms with E-state index in [1.807, 2.05) is 13.0 Å². The molecule has 0 fully saturated rings. The predicted octanol–water partition coefficient (Wildman–Crippen LogP) is 2.33. The number of halogens is 1. The third-order valence-corrected chi connectivity index (χ3v) is 3.12.